The zero-order chi connectivity index (χ0) is 28.8. The summed E-state index contributed by atoms with van der Waals surface area (Å²) >= 11 is 0. The number of ether oxygens (including phenoxy) is 6. The molecule has 6 fully saturated rings. The molecule has 0 amide bonds. The smallest absolute Gasteiger partial charge is 0.303 e. The molecule has 5 aliphatic carbocycles. The molecule has 1 saturated heterocycles. The predicted octanol–water partition coefficient (Wildman–Crippen LogP) is 2.21. The molecule has 0 aromatic heterocycles. The fraction of sp³-hybridized carbons (Fsp3) is 0.900. The number of hydrogen-bond donors (Lipinski definition) is 0. The lowest BCUT2D eigenvalue weighted by Crippen LogP contribution is -2.77. The Morgan fingerprint density at radius 1 is 0.925 bits per heavy atom. The average molecular weight is 564 g/mol. The normalized spacial score (nSPS) is 49.9. The molecule has 40 heavy (non-hydrogen) atoms. The number of rotatable bonds is 8. The second-order valence-electron chi connectivity index (χ2n) is 13.3. The topological polar surface area (TPSA) is 110 Å². The van der Waals surface area contributed by atoms with Crippen LogP contribution < -0.4 is 0 Å². The third-order valence-electron chi connectivity index (χ3n) is 12.0. The number of methoxy groups -OCH3 is 3. The first-order chi connectivity index (χ1) is 19.1. The molecule has 0 N–H and O–H groups in total. The van der Waals surface area contributed by atoms with Gasteiger partial charge in [-0.2, -0.15) is 0 Å². The Bertz CT molecular complexity index is 1070. The van der Waals surface area contributed by atoms with Gasteiger partial charge < -0.3 is 28.4 Å². The van der Waals surface area contributed by atoms with Gasteiger partial charge in [-0.25, -0.2) is 0 Å². The summed E-state index contributed by atoms with van der Waals surface area (Å²) in [5.74, 6) is -1.55. The van der Waals surface area contributed by atoms with Crippen LogP contribution in [-0.4, -0.2) is 99.9 Å². The van der Waals surface area contributed by atoms with Crippen molar-refractivity contribution in [3.8, 4) is 0 Å². The highest BCUT2D eigenvalue weighted by Crippen LogP contribution is 2.80. The van der Waals surface area contributed by atoms with E-state index in [-0.39, 0.29) is 77.3 Å². The zero-order valence-corrected chi connectivity index (χ0v) is 24.8. The van der Waals surface area contributed by atoms with Crippen LogP contribution in [0.3, 0.4) is 0 Å². The van der Waals surface area contributed by atoms with E-state index >= 15 is 0 Å². The Kier molecular flexibility index (Phi) is 6.84. The van der Waals surface area contributed by atoms with Crippen LogP contribution in [0.4, 0.5) is 0 Å². The maximum atomic E-state index is 13.0. The molecule has 1 aliphatic heterocycles. The van der Waals surface area contributed by atoms with Crippen LogP contribution in [0.5, 0.6) is 0 Å². The van der Waals surface area contributed by atoms with Crippen molar-refractivity contribution in [2.75, 3.05) is 41.0 Å². The van der Waals surface area contributed by atoms with Gasteiger partial charge in [-0.1, -0.05) is 6.92 Å². The van der Waals surface area contributed by atoms with Gasteiger partial charge in [0.05, 0.1) is 18.8 Å². The minimum atomic E-state index is -0.963. The van der Waals surface area contributed by atoms with Gasteiger partial charge in [0.1, 0.15) is 17.8 Å². The van der Waals surface area contributed by atoms with Crippen molar-refractivity contribution in [2.24, 2.45) is 40.4 Å². The number of carbonyl (C=O) groups excluding carboxylic acids is 3. The van der Waals surface area contributed by atoms with Gasteiger partial charge in [-0.15, -0.1) is 0 Å². The van der Waals surface area contributed by atoms with Gasteiger partial charge in [0.2, 0.25) is 0 Å². The van der Waals surface area contributed by atoms with Crippen LogP contribution in [0.15, 0.2) is 0 Å². The molecule has 5 saturated carbocycles. The summed E-state index contributed by atoms with van der Waals surface area (Å²) in [6.45, 7) is 8.77. The Labute approximate surface area is 236 Å². The number of carbonyl (C=O) groups is 3. The van der Waals surface area contributed by atoms with E-state index in [0.29, 0.717) is 13.0 Å². The van der Waals surface area contributed by atoms with E-state index in [4.69, 9.17) is 28.4 Å². The lowest BCUT2D eigenvalue weighted by atomic mass is 9.43. The fourth-order valence-corrected chi connectivity index (χ4v) is 11.7. The lowest BCUT2D eigenvalue weighted by Gasteiger charge is -2.69. The maximum absolute atomic E-state index is 13.0. The minimum absolute atomic E-state index is 0.0154. The maximum Gasteiger partial charge on any atom is 0.303 e. The van der Waals surface area contributed by atoms with E-state index < -0.39 is 17.1 Å². The summed E-state index contributed by atoms with van der Waals surface area (Å²) in [5.41, 5.74) is -1.67. The van der Waals surface area contributed by atoms with Crippen LogP contribution in [0.25, 0.3) is 0 Å². The van der Waals surface area contributed by atoms with Gasteiger partial charge in [0.15, 0.2) is 0 Å². The molecular weight excluding hydrogens is 518 g/mol. The van der Waals surface area contributed by atoms with Gasteiger partial charge in [-0.3, -0.25) is 19.3 Å². The standard InChI is InChI=1S/C30H45NO9/c1-8-31-13-28(14-35-5)10-9-21(38-15(2)32)30-19-11-18-20(36-6)12-29(40-17(4)34,22(19)24(18)39-16(3)33)23(27(30)31)25(37-7)26(28)30/h18-27H,8-14H2,1-7H3/t18-,19-,20+,21+,22-,23+,24+,25+,26-,27+,28+,29-,30+/m1/s1. The molecule has 0 unspecified atom stereocenters. The average Bonchev–Trinajstić information content (AvgIpc) is 3.30. The van der Waals surface area contributed by atoms with Crippen LogP contribution in [0.2, 0.25) is 0 Å². The third-order valence-corrected chi connectivity index (χ3v) is 12.0. The molecule has 7 bridgehead atoms. The molecule has 13 atom stereocenters. The zero-order valence-electron chi connectivity index (χ0n) is 24.8. The molecule has 224 valence electrons. The monoisotopic (exact) mass is 563 g/mol. The number of hydrogen-bond acceptors (Lipinski definition) is 10. The summed E-state index contributed by atoms with van der Waals surface area (Å²) in [4.78, 5) is 40.7. The van der Waals surface area contributed by atoms with Crippen molar-refractivity contribution in [1.82, 2.24) is 4.90 Å². The molecule has 6 aliphatic rings. The number of nitrogens with zero attached hydrogens (tertiary/aromatic N) is 1. The minimum Gasteiger partial charge on any atom is -0.462 e. The first-order valence-corrected chi connectivity index (χ1v) is 14.9. The van der Waals surface area contributed by atoms with Crippen molar-refractivity contribution >= 4 is 17.9 Å². The van der Waals surface area contributed by atoms with Crippen molar-refractivity contribution in [2.45, 2.75) is 89.4 Å². The summed E-state index contributed by atoms with van der Waals surface area (Å²) < 4.78 is 37.6. The summed E-state index contributed by atoms with van der Waals surface area (Å²) in [6.07, 6.45) is 1.50. The third kappa shape index (κ3) is 3.39. The fourth-order valence-electron chi connectivity index (χ4n) is 11.7. The summed E-state index contributed by atoms with van der Waals surface area (Å²) in [6, 6.07) is -0.0463. The van der Waals surface area contributed by atoms with E-state index in [9.17, 15) is 14.4 Å². The van der Waals surface area contributed by atoms with E-state index in [1.807, 2.05) is 0 Å². The number of likely N-dealkylation sites (tertiary alicyclic amines) is 1. The predicted molar refractivity (Wildman–Crippen MR) is 141 cm³/mol. The second kappa shape index (κ2) is 9.64. The first-order valence-electron chi connectivity index (χ1n) is 14.9. The van der Waals surface area contributed by atoms with Crippen molar-refractivity contribution in [3.05, 3.63) is 0 Å². The van der Waals surface area contributed by atoms with E-state index in [2.05, 4.69) is 11.8 Å². The van der Waals surface area contributed by atoms with Crippen LogP contribution in [0.1, 0.15) is 53.4 Å². The highest BCUT2D eigenvalue weighted by molar-refractivity contribution is 5.68. The molecule has 0 radical (unpaired) electrons. The van der Waals surface area contributed by atoms with E-state index in [1.54, 1.807) is 21.3 Å². The number of piperidine rings is 1. The SMILES string of the molecule is CCN1C[C@]2(COC)CC[C@H](OC(C)=O)[C@@]34[C@@H]5C[C@H]6[C@H](OC(C)=O)[C@@H]5[C@](OC(C)=O)(C[C@@H]6OC)[C@@H]([C@H](OC)[C@H]23)[C@H]14. The summed E-state index contributed by atoms with van der Waals surface area (Å²) in [5, 5.41) is 0. The molecule has 1 spiro atoms. The molecular formula is C30H45NO9. The van der Waals surface area contributed by atoms with Crippen LogP contribution in [0, 0.1) is 40.4 Å². The van der Waals surface area contributed by atoms with Crippen molar-refractivity contribution in [1.29, 1.82) is 0 Å². The van der Waals surface area contributed by atoms with E-state index in [0.717, 1.165) is 32.4 Å². The Morgan fingerprint density at radius 2 is 1.65 bits per heavy atom. The van der Waals surface area contributed by atoms with Crippen molar-refractivity contribution in [3.63, 3.8) is 0 Å². The molecule has 10 nitrogen and oxygen atoms in total. The summed E-state index contributed by atoms with van der Waals surface area (Å²) in [7, 11) is 5.20. The molecule has 6 rings (SSSR count). The van der Waals surface area contributed by atoms with Gasteiger partial charge in [0.25, 0.3) is 0 Å². The van der Waals surface area contributed by atoms with Gasteiger partial charge in [0, 0.05) is 95.6 Å². The number of fused-ring (bicyclic) bond motifs is 2. The van der Waals surface area contributed by atoms with Gasteiger partial charge in [-0.05, 0) is 31.7 Å². The highest BCUT2D eigenvalue weighted by Gasteiger charge is 2.88. The van der Waals surface area contributed by atoms with Gasteiger partial charge >= 0.3 is 17.9 Å². The molecule has 1 heterocycles. The number of esters is 3. The first kappa shape index (κ1) is 28.4. The molecule has 10 heteroatoms. The molecule has 0 aromatic rings. The molecule has 0 aromatic carbocycles. The van der Waals surface area contributed by atoms with E-state index in [1.165, 1.54) is 20.8 Å². The Hall–Kier alpha value is -1.75. The van der Waals surface area contributed by atoms with Crippen molar-refractivity contribution < 1.29 is 42.8 Å². The largest absolute Gasteiger partial charge is 0.462 e. The van der Waals surface area contributed by atoms with Crippen LogP contribution in [-0.2, 0) is 42.8 Å². The quantitative estimate of drug-likeness (QED) is 0.322. The Morgan fingerprint density at radius 3 is 2.23 bits per heavy atom. The second-order valence-corrected chi connectivity index (χ2v) is 13.3. The Balaban J connectivity index is 1.67. The highest BCUT2D eigenvalue weighted by atomic mass is 16.6. The van der Waals surface area contributed by atoms with Crippen LogP contribution >= 0.6 is 0 Å². The lowest BCUT2D eigenvalue weighted by molar-refractivity contribution is -0.280.